The lowest BCUT2D eigenvalue weighted by Gasteiger charge is -2.23. The molecule has 0 aromatic carbocycles. The molecule has 0 saturated carbocycles. The van der Waals surface area contributed by atoms with E-state index in [1.165, 1.54) is 0 Å². The fourth-order valence-corrected chi connectivity index (χ4v) is 5.08. The van der Waals surface area contributed by atoms with Crippen LogP contribution >= 0.6 is 0 Å². The molecular weight excluding hydrogens is 304 g/mol. The number of nitrogens with zero attached hydrogens (tertiary/aromatic N) is 4. The number of carbonyl (C=O) groups excluding carboxylic acids is 1. The van der Waals surface area contributed by atoms with Gasteiger partial charge in [-0.05, 0) is 12.8 Å². The van der Waals surface area contributed by atoms with E-state index in [4.69, 9.17) is 0 Å². The first-order valence-electron chi connectivity index (χ1n) is 7.62. The normalized spacial score (nSPS) is 26.5. The Kier molecular flexibility index (Phi) is 3.76. The van der Waals surface area contributed by atoms with Gasteiger partial charge in [-0.1, -0.05) is 6.92 Å². The van der Waals surface area contributed by atoms with Gasteiger partial charge in [-0.25, -0.2) is 12.7 Å². The van der Waals surface area contributed by atoms with Crippen LogP contribution in [-0.4, -0.2) is 53.8 Å². The lowest BCUT2D eigenvalue weighted by molar-refractivity contribution is -0.117. The summed E-state index contributed by atoms with van der Waals surface area (Å²) in [5.41, 5.74) is 0.549. The Hall–Kier alpha value is -1.41. The van der Waals surface area contributed by atoms with Crippen LogP contribution in [0.2, 0.25) is 0 Å². The van der Waals surface area contributed by atoms with Crippen molar-refractivity contribution in [3.05, 3.63) is 12.4 Å². The Morgan fingerprint density at radius 3 is 2.77 bits per heavy atom. The molecule has 8 heteroatoms. The lowest BCUT2D eigenvalue weighted by Crippen LogP contribution is -2.35. The van der Waals surface area contributed by atoms with Crippen molar-refractivity contribution in [2.24, 2.45) is 12.5 Å². The molecule has 0 bridgehead atoms. The molecule has 0 unspecified atom stereocenters. The number of amides is 1. The molecule has 1 amide bonds. The Morgan fingerprint density at radius 2 is 2.14 bits per heavy atom. The Labute approximate surface area is 130 Å². The molecule has 2 fully saturated rings. The number of aryl methyl sites for hydroxylation is 1. The first-order chi connectivity index (χ1) is 10.4. The fraction of sp³-hybridized carbons (Fsp3) is 0.714. The minimum Gasteiger partial charge on any atom is -0.309 e. The summed E-state index contributed by atoms with van der Waals surface area (Å²) in [4.78, 5) is 14.1. The van der Waals surface area contributed by atoms with E-state index in [-0.39, 0.29) is 17.1 Å². The van der Waals surface area contributed by atoms with Gasteiger partial charge in [0.25, 0.3) is 0 Å². The van der Waals surface area contributed by atoms with Crippen LogP contribution in [0.5, 0.6) is 0 Å². The van der Waals surface area contributed by atoms with Crippen LogP contribution in [0, 0.1) is 5.41 Å². The van der Waals surface area contributed by atoms with E-state index in [9.17, 15) is 13.2 Å². The predicted octanol–water partition coefficient (Wildman–Crippen LogP) is 0.589. The largest absolute Gasteiger partial charge is 0.309 e. The number of hydrogen-bond donors (Lipinski definition) is 0. The average Bonchev–Trinajstić information content (AvgIpc) is 3.11. The van der Waals surface area contributed by atoms with Crippen molar-refractivity contribution in [2.45, 2.75) is 26.2 Å². The number of carbonyl (C=O) groups is 1. The van der Waals surface area contributed by atoms with Gasteiger partial charge in [-0.15, -0.1) is 0 Å². The Balaban J connectivity index is 1.76. The number of sulfonamides is 1. The van der Waals surface area contributed by atoms with Gasteiger partial charge in [0.05, 0.1) is 17.6 Å². The topological polar surface area (TPSA) is 75.5 Å². The third-order valence-corrected chi connectivity index (χ3v) is 6.61. The highest BCUT2D eigenvalue weighted by Gasteiger charge is 2.50. The maximum atomic E-state index is 12.3. The van der Waals surface area contributed by atoms with Gasteiger partial charge in [0.15, 0.2) is 0 Å². The molecule has 3 rings (SSSR count). The second-order valence-corrected chi connectivity index (χ2v) is 8.52. The highest BCUT2D eigenvalue weighted by atomic mass is 32.2. The van der Waals surface area contributed by atoms with Crippen molar-refractivity contribution in [1.82, 2.24) is 14.1 Å². The summed E-state index contributed by atoms with van der Waals surface area (Å²) in [6, 6.07) is 0. The van der Waals surface area contributed by atoms with Crippen LogP contribution < -0.4 is 4.90 Å². The molecule has 2 aliphatic heterocycles. The van der Waals surface area contributed by atoms with Gasteiger partial charge < -0.3 is 4.90 Å². The fourth-order valence-electron chi connectivity index (χ4n) is 3.47. The van der Waals surface area contributed by atoms with Gasteiger partial charge in [0.1, 0.15) is 0 Å². The second kappa shape index (κ2) is 5.34. The summed E-state index contributed by atoms with van der Waals surface area (Å²) in [5, 5.41) is 4.11. The zero-order chi connectivity index (χ0) is 16.0. The molecule has 0 radical (unpaired) electrons. The molecule has 0 N–H and O–H groups in total. The molecule has 22 heavy (non-hydrogen) atoms. The van der Waals surface area contributed by atoms with Crippen molar-refractivity contribution < 1.29 is 13.2 Å². The van der Waals surface area contributed by atoms with Crippen LogP contribution in [-0.2, 0) is 21.9 Å². The Bertz CT molecular complexity index is 684. The molecule has 1 aromatic rings. The number of aromatic nitrogens is 2. The van der Waals surface area contributed by atoms with Crippen LogP contribution in [0.25, 0.3) is 0 Å². The van der Waals surface area contributed by atoms with Crippen molar-refractivity contribution in [2.75, 3.05) is 30.3 Å². The number of hydrogen-bond acceptors (Lipinski definition) is 4. The van der Waals surface area contributed by atoms with E-state index in [2.05, 4.69) is 5.10 Å². The predicted molar refractivity (Wildman–Crippen MR) is 82.9 cm³/mol. The van der Waals surface area contributed by atoms with Crippen LogP contribution in [0.4, 0.5) is 5.69 Å². The van der Waals surface area contributed by atoms with E-state index < -0.39 is 10.0 Å². The van der Waals surface area contributed by atoms with Crippen molar-refractivity contribution in [3.8, 4) is 0 Å². The van der Waals surface area contributed by atoms with E-state index in [0.717, 1.165) is 12.1 Å². The minimum atomic E-state index is -3.18. The van der Waals surface area contributed by atoms with Gasteiger partial charge in [-0.2, -0.15) is 5.10 Å². The van der Waals surface area contributed by atoms with Crippen molar-refractivity contribution >= 4 is 21.6 Å². The summed E-state index contributed by atoms with van der Waals surface area (Å²) in [5.74, 6) is 0.242. The van der Waals surface area contributed by atoms with Gasteiger partial charge in [0, 0.05) is 44.7 Å². The van der Waals surface area contributed by atoms with Crippen LogP contribution in [0.1, 0.15) is 26.2 Å². The van der Waals surface area contributed by atoms with Crippen molar-refractivity contribution in [1.29, 1.82) is 0 Å². The quantitative estimate of drug-likeness (QED) is 0.811. The summed E-state index contributed by atoms with van der Waals surface area (Å²) >= 11 is 0. The lowest BCUT2D eigenvalue weighted by atomic mass is 9.86. The Morgan fingerprint density at radius 1 is 1.36 bits per heavy atom. The molecule has 3 heterocycles. The number of rotatable bonds is 4. The van der Waals surface area contributed by atoms with Crippen LogP contribution in [0.15, 0.2) is 12.4 Å². The smallest absolute Gasteiger partial charge is 0.227 e. The summed E-state index contributed by atoms with van der Waals surface area (Å²) < 4.78 is 27.7. The van der Waals surface area contributed by atoms with Crippen molar-refractivity contribution in [3.63, 3.8) is 0 Å². The van der Waals surface area contributed by atoms with E-state index in [0.29, 0.717) is 32.5 Å². The molecule has 1 aromatic heterocycles. The third kappa shape index (κ3) is 2.65. The summed E-state index contributed by atoms with van der Waals surface area (Å²) in [6.45, 7) is 3.43. The van der Waals surface area contributed by atoms with Crippen LogP contribution in [0.3, 0.4) is 0 Å². The molecule has 1 spiro atoms. The monoisotopic (exact) mass is 326 g/mol. The zero-order valence-electron chi connectivity index (χ0n) is 13.0. The first-order valence-corrected chi connectivity index (χ1v) is 9.23. The molecule has 0 aliphatic carbocycles. The highest BCUT2D eigenvalue weighted by Crippen LogP contribution is 2.42. The molecule has 122 valence electrons. The van der Waals surface area contributed by atoms with Gasteiger partial charge in [-0.3, -0.25) is 9.48 Å². The molecule has 7 nitrogen and oxygen atoms in total. The number of anilines is 1. The summed E-state index contributed by atoms with van der Waals surface area (Å²) in [7, 11) is -1.37. The van der Waals surface area contributed by atoms with Gasteiger partial charge >= 0.3 is 0 Å². The molecule has 1 atom stereocenters. The van der Waals surface area contributed by atoms with E-state index >= 15 is 0 Å². The second-order valence-electron chi connectivity index (χ2n) is 6.43. The molecular formula is C14H22N4O3S. The van der Waals surface area contributed by atoms with Gasteiger partial charge in [0.2, 0.25) is 15.9 Å². The zero-order valence-corrected chi connectivity index (χ0v) is 13.8. The average molecular weight is 326 g/mol. The SMILES string of the molecule is CCCS(=O)(=O)N1CC[C@]2(CC(=O)N(c3cnn(C)c3)C2)C1. The van der Waals surface area contributed by atoms with E-state index in [1.807, 2.05) is 20.2 Å². The molecule has 2 aliphatic rings. The first kappa shape index (κ1) is 15.5. The summed E-state index contributed by atoms with van der Waals surface area (Å²) in [6.07, 6.45) is 5.28. The minimum absolute atomic E-state index is 0.0581. The van der Waals surface area contributed by atoms with E-state index in [1.54, 1.807) is 20.1 Å². The molecule has 2 saturated heterocycles. The third-order valence-electron chi connectivity index (χ3n) is 4.58. The maximum Gasteiger partial charge on any atom is 0.227 e. The maximum absolute atomic E-state index is 12.3. The standard InChI is InChI=1S/C14H22N4O3S/c1-3-6-22(20,21)17-5-4-14(10-17)7-13(19)18(11-14)12-8-15-16(2)9-12/h8-9H,3-7,10-11H2,1-2H3/t14-/m0/s1. The highest BCUT2D eigenvalue weighted by molar-refractivity contribution is 7.89.